The molecular formula is C6H8N4O. The van der Waals surface area contributed by atoms with E-state index in [1.54, 1.807) is 17.6 Å². The van der Waals surface area contributed by atoms with Crippen molar-refractivity contribution in [2.45, 2.75) is 6.92 Å². The lowest BCUT2D eigenvalue weighted by Crippen LogP contribution is -2.01. The number of nitrogens with zero attached hydrogens (tertiary/aromatic N) is 3. The maximum atomic E-state index is 8.13. The Balaban J connectivity index is 2.73. The molecule has 0 saturated heterocycles. The van der Waals surface area contributed by atoms with E-state index in [0.717, 1.165) is 12.0 Å². The third-order valence-corrected chi connectivity index (χ3v) is 1.04. The van der Waals surface area contributed by atoms with Gasteiger partial charge in [-0.1, -0.05) is 0 Å². The molecular weight excluding hydrogens is 144 g/mol. The lowest BCUT2D eigenvalue weighted by atomic mass is 10.4. The molecule has 0 aliphatic carbocycles. The zero-order valence-electron chi connectivity index (χ0n) is 6.02. The second-order valence-electron chi connectivity index (χ2n) is 1.92. The fraction of sp³-hybridized carbons (Fsp3) is 0.167. The van der Waals surface area contributed by atoms with Crippen molar-refractivity contribution in [3.05, 3.63) is 17.8 Å². The lowest BCUT2D eigenvalue weighted by Gasteiger charge is -1.90. The molecule has 1 aromatic heterocycles. The highest BCUT2D eigenvalue weighted by atomic mass is 16.5. The molecule has 0 aliphatic rings. The lowest BCUT2D eigenvalue weighted by molar-refractivity contribution is 0.240. The van der Waals surface area contributed by atoms with Crippen LogP contribution in [0.15, 0.2) is 17.1 Å². The van der Waals surface area contributed by atoms with Gasteiger partial charge >= 0.3 is 0 Å². The predicted octanol–water partition coefficient (Wildman–Crippen LogP) is 0.424. The Morgan fingerprint density at radius 2 is 2.36 bits per heavy atom. The zero-order chi connectivity index (χ0) is 8.10. The minimum absolute atomic E-state index is 0.456. The van der Waals surface area contributed by atoms with Crippen molar-refractivity contribution in [3.63, 3.8) is 0 Å². The Morgan fingerprint density at radius 1 is 1.55 bits per heavy atom. The van der Waals surface area contributed by atoms with Crippen LogP contribution in [0.2, 0.25) is 0 Å². The maximum absolute atomic E-state index is 8.13. The van der Waals surface area contributed by atoms with E-state index < -0.39 is 0 Å². The van der Waals surface area contributed by atoms with Crippen LogP contribution in [0, 0.1) is 6.92 Å². The van der Waals surface area contributed by atoms with Crippen molar-refractivity contribution in [2.24, 2.45) is 4.99 Å². The van der Waals surface area contributed by atoms with Gasteiger partial charge in [-0.25, -0.2) is 4.99 Å². The molecule has 0 aliphatic heterocycles. The van der Waals surface area contributed by atoms with E-state index in [1.807, 2.05) is 6.92 Å². The van der Waals surface area contributed by atoms with E-state index in [4.69, 9.17) is 5.21 Å². The summed E-state index contributed by atoms with van der Waals surface area (Å²) in [6, 6.07) is 3.49. The van der Waals surface area contributed by atoms with E-state index >= 15 is 0 Å². The molecule has 5 heteroatoms. The summed E-state index contributed by atoms with van der Waals surface area (Å²) in [5.41, 5.74) is 2.61. The van der Waals surface area contributed by atoms with Gasteiger partial charge in [0.25, 0.3) is 0 Å². The molecule has 11 heavy (non-hydrogen) atoms. The van der Waals surface area contributed by atoms with Gasteiger partial charge in [-0.3, -0.25) is 10.7 Å². The molecule has 0 fully saturated rings. The molecule has 0 bridgehead atoms. The number of aromatic nitrogens is 2. The largest absolute Gasteiger partial charge is 0.290 e. The molecule has 2 N–H and O–H groups in total. The first-order chi connectivity index (χ1) is 5.33. The average molecular weight is 152 g/mol. The highest BCUT2D eigenvalue weighted by molar-refractivity contribution is 5.57. The van der Waals surface area contributed by atoms with Gasteiger partial charge in [-0.15, -0.1) is 5.10 Å². The van der Waals surface area contributed by atoms with Gasteiger partial charge in [0.2, 0.25) is 0 Å². The summed E-state index contributed by atoms with van der Waals surface area (Å²) in [6.45, 7) is 1.84. The number of aryl methyl sites for hydroxylation is 1. The average Bonchev–Trinajstić information content (AvgIpc) is 2.04. The second kappa shape index (κ2) is 3.62. The van der Waals surface area contributed by atoms with Crippen LogP contribution in [-0.4, -0.2) is 21.7 Å². The molecule has 1 rings (SSSR count). The molecule has 0 unspecified atom stereocenters. The first kappa shape index (κ1) is 7.62. The van der Waals surface area contributed by atoms with Gasteiger partial charge in [-0.2, -0.15) is 5.10 Å². The van der Waals surface area contributed by atoms with Gasteiger partial charge in [0.15, 0.2) is 5.82 Å². The van der Waals surface area contributed by atoms with Gasteiger partial charge in [-0.05, 0) is 19.1 Å². The van der Waals surface area contributed by atoms with Crippen molar-refractivity contribution in [3.8, 4) is 0 Å². The third kappa shape index (κ3) is 2.30. The molecule has 1 heterocycles. The Hall–Kier alpha value is -1.49. The van der Waals surface area contributed by atoms with Gasteiger partial charge in [0.05, 0.1) is 5.69 Å². The fourth-order valence-electron chi connectivity index (χ4n) is 0.556. The van der Waals surface area contributed by atoms with Crippen LogP contribution in [-0.2, 0) is 0 Å². The number of aliphatic imine (C=N–C) groups is 1. The molecule has 0 aromatic carbocycles. The van der Waals surface area contributed by atoms with E-state index in [0.29, 0.717) is 5.82 Å². The Labute approximate surface area is 63.8 Å². The molecule has 0 radical (unpaired) electrons. The minimum atomic E-state index is 0.456. The van der Waals surface area contributed by atoms with E-state index in [-0.39, 0.29) is 0 Å². The Morgan fingerprint density at radius 3 is 2.91 bits per heavy atom. The van der Waals surface area contributed by atoms with Crippen molar-refractivity contribution >= 4 is 12.2 Å². The number of hydrogen-bond acceptors (Lipinski definition) is 4. The molecule has 0 amide bonds. The van der Waals surface area contributed by atoms with Crippen LogP contribution in [0.5, 0.6) is 0 Å². The van der Waals surface area contributed by atoms with Crippen LogP contribution >= 0.6 is 0 Å². The number of nitrogens with one attached hydrogen (secondary N) is 1. The van der Waals surface area contributed by atoms with Crippen LogP contribution in [0.25, 0.3) is 0 Å². The SMILES string of the molecule is Cc1ccc(N=CNO)nn1. The number of hydroxylamine groups is 1. The van der Waals surface area contributed by atoms with Gasteiger partial charge in [0.1, 0.15) is 6.34 Å². The molecule has 0 atom stereocenters. The van der Waals surface area contributed by atoms with E-state index in [2.05, 4.69) is 15.2 Å². The third-order valence-electron chi connectivity index (χ3n) is 1.04. The van der Waals surface area contributed by atoms with E-state index in [9.17, 15) is 0 Å². The summed E-state index contributed by atoms with van der Waals surface area (Å²) in [5.74, 6) is 0.456. The monoisotopic (exact) mass is 152 g/mol. The highest BCUT2D eigenvalue weighted by Gasteiger charge is 1.88. The van der Waals surface area contributed by atoms with Crippen LogP contribution in [0.3, 0.4) is 0 Å². The Kier molecular flexibility index (Phi) is 2.51. The molecule has 0 saturated carbocycles. The minimum Gasteiger partial charge on any atom is -0.290 e. The van der Waals surface area contributed by atoms with Crippen molar-refractivity contribution < 1.29 is 5.21 Å². The molecule has 58 valence electrons. The normalized spacial score (nSPS) is 10.4. The van der Waals surface area contributed by atoms with Crippen molar-refractivity contribution in [2.75, 3.05) is 0 Å². The summed E-state index contributed by atoms with van der Waals surface area (Å²) >= 11 is 0. The molecule has 0 spiro atoms. The topological polar surface area (TPSA) is 70.4 Å². The molecule has 5 nitrogen and oxygen atoms in total. The zero-order valence-corrected chi connectivity index (χ0v) is 6.02. The summed E-state index contributed by atoms with van der Waals surface area (Å²) in [6.07, 6.45) is 1.12. The second-order valence-corrected chi connectivity index (χ2v) is 1.92. The predicted molar refractivity (Wildman–Crippen MR) is 39.8 cm³/mol. The van der Waals surface area contributed by atoms with E-state index in [1.165, 1.54) is 0 Å². The summed E-state index contributed by atoms with van der Waals surface area (Å²) in [5, 5.41) is 15.6. The highest BCUT2D eigenvalue weighted by Crippen LogP contribution is 2.03. The maximum Gasteiger partial charge on any atom is 0.175 e. The smallest absolute Gasteiger partial charge is 0.175 e. The quantitative estimate of drug-likeness (QED) is 0.366. The van der Waals surface area contributed by atoms with Gasteiger partial charge < -0.3 is 0 Å². The first-order valence-electron chi connectivity index (χ1n) is 3.05. The molecule has 1 aromatic rings. The number of rotatable bonds is 2. The number of hydrogen-bond donors (Lipinski definition) is 2. The van der Waals surface area contributed by atoms with Crippen LogP contribution in [0.4, 0.5) is 5.82 Å². The summed E-state index contributed by atoms with van der Waals surface area (Å²) < 4.78 is 0. The summed E-state index contributed by atoms with van der Waals surface area (Å²) in [4.78, 5) is 3.71. The summed E-state index contributed by atoms with van der Waals surface area (Å²) in [7, 11) is 0. The van der Waals surface area contributed by atoms with Crippen molar-refractivity contribution in [1.82, 2.24) is 15.7 Å². The van der Waals surface area contributed by atoms with Gasteiger partial charge in [0, 0.05) is 0 Å². The van der Waals surface area contributed by atoms with Crippen molar-refractivity contribution in [1.29, 1.82) is 0 Å². The first-order valence-corrected chi connectivity index (χ1v) is 3.05. The van der Waals surface area contributed by atoms with Crippen LogP contribution < -0.4 is 5.48 Å². The Bertz CT molecular complexity index is 243. The standard InChI is InChI=1S/C6H8N4O/c1-5-2-3-6(10-9-5)7-4-8-11/h2-4,11H,1H3,(H,7,8,10). The fourth-order valence-corrected chi connectivity index (χ4v) is 0.556. The van der Waals surface area contributed by atoms with Crippen LogP contribution in [0.1, 0.15) is 5.69 Å².